The lowest BCUT2D eigenvalue weighted by Gasteiger charge is -2.22. The van der Waals surface area contributed by atoms with Crippen molar-refractivity contribution in [3.8, 4) is 0 Å². The SMILES string of the molecule is CCC(C)OC(=O)c1cc(C(=O)O)cc(C(=O)N(CC)NC(=O)CCNC(=O)OCc2ccccc2)c1. The number of esters is 1. The molecule has 1 unspecified atom stereocenters. The van der Waals surface area contributed by atoms with E-state index in [1.54, 1.807) is 26.0 Å². The van der Waals surface area contributed by atoms with Crippen LogP contribution >= 0.6 is 0 Å². The summed E-state index contributed by atoms with van der Waals surface area (Å²) in [4.78, 5) is 61.2. The van der Waals surface area contributed by atoms with Crippen LogP contribution in [0.3, 0.4) is 0 Å². The quantitative estimate of drug-likeness (QED) is 0.306. The summed E-state index contributed by atoms with van der Waals surface area (Å²) in [6.07, 6.45) is -0.671. The Morgan fingerprint density at radius 1 is 0.973 bits per heavy atom. The predicted molar refractivity (Wildman–Crippen MR) is 133 cm³/mol. The van der Waals surface area contributed by atoms with Gasteiger partial charge < -0.3 is 19.9 Å². The number of alkyl carbamates (subject to hydrolysis) is 1. The minimum atomic E-state index is -1.33. The summed E-state index contributed by atoms with van der Waals surface area (Å²) < 4.78 is 10.3. The van der Waals surface area contributed by atoms with Gasteiger partial charge in [-0.15, -0.1) is 0 Å². The topological polar surface area (TPSA) is 151 Å². The second kappa shape index (κ2) is 14.2. The third-order valence-corrected chi connectivity index (χ3v) is 5.20. The molecule has 2 aromatic rings. The normalized spacial score (nSPS) is 11.1. The molecular formula is C26H31N3O8. The highest BCUT2D eigenvalue weighted by Crippen LogP contribution is 2.15. The Kier molecular flexibility index (Phi) is 11.1. The van der Waals surface area contributed by atoms with E-state index in [2.05, 4.69) is 10.7 Å². The lowest BCUT2D eigenvalue weighted by atomic mass is 10.0. The molecule has 1 atom stereocenters. The number of carboxylic acid groups (broad SMARTS) is 1. The number of hydrogen-bond acceptors (Lipinski definition) is 7. The van der Waals surface area contributed by atoms with Gasteiger partial charge in [-0.1, -0.05) is 37.3 Å². The molecule has 0 radical (unpaired) electrons. The van der Waals surface area contributed by atoms with Crippen molar-refractivity contribution in [2.45, 2.75) is 46.3 Å². The number of aromatic carboxylic acids is 1. The molecule has 0 heterocycles. The van der Waals surface area contributed by atoms with E-state index in [1.165, 1.54) is 6.07 Å². The summed E-state index contributed by atoms with van der Waals surface area (Å²) >= 11 is 0. The minimum Gasteiger partial charge on any atom is -0.478 e. The molecule has 11 heteroatoms. The lowest BCUT2D eigenvalue weighted by molar-refractivity contribution is -0.124. The number of ether oxygens (including phenoxy) is 2. The number of nitrogens with one attached hydrogen (secondary N) is 2. The Hall–Kier alpha value is -4.41. The van der Waals surface area contributed by atoms with E-state index in [-0.39, 0.29) is 42.8 Å². The van der Waals surface area contributed by atoms with Crippen LogP contribution in [0.25, 0.3) is 0 Å². The maximum atomic E-state index is 13.0. The first-order valence-corrected chi connectivity index (χ1v) is 11.8. The molecule has 3 amide bonds. The average Bonchev–Trinajstić information content (AvgIpc) is 2.90. The number of benzene rings is 2. The van der Waals surface area contributed by atoms with Crippen molar-refractivity contribution in [1.82, 2.24) is 15.8 Å². The highest BCUT2D eigenvalue weighted by atomic mass is 16.5. The number of carbonyl (C=O) groups is 5. The Balaban J connectivity index is 1.97. The number of nitrogens with zero attached hydrogens (tertiary/aromatic N) is 1. The molecule has 2 aromatic carbocycles. The first-order chi connectivity index (χ1) is 17.6. The Morgan fingerprint density at radius 3 is 2.24 bits per heavy atom. The van der Waals surface area contributed by atoms with Crippen LogP contribution in [0.1, 0.15) is 70.3 Å². The van der Waals surface area contributed by atoms with Crippen molar-refractivity contribution < 1.29 is 38.6 Å². The van der Waals surface area contributed by atoms with Crippen LogP contribution in [0.2, 0.25) is 0 Å². The molecule has 0 spiro atoms. The molecule has 0 fully saturated rings. The molecule has 0 saturated carbocycles. The van der Waals surface area contributed by atoms with Gasteiger partial charge in [-0.3, -0.25) is 20.0 Å². The molecule has 0 aliphatic carbocycles. The number of hydrogen-bond donors (Lipinski definition) is 3. The van der Waals surface area contributed by atoms with Crippen molar-refractivity contribution in [2.75, 3.05) is 13.1 Å². The average molecular weight is 514 g/mol. The van der Waals surface area contributed by atoms with E-state index < -0.39 is 36.0 Å². The highest BCUT2D eigenvalue weighted by Gasteiger charge is 2.22. The zero-order valence-corrected chi connectivity index (χ0v) is 21.0. The molecular weight excluding hydrogens is 482 g/mol. The van der Waals surface area contributed by atoms with E-state index in [1.807, 2.05) is 25.1 Å². The summed E-state index contributed by atoms with van der Waals surface area (Å²) in [6.45, 7) is 5.23. The summed E-state index contributed by atoms with van der Waals surface area (Å²) in [6, 6.07) is 12.6. The Morgan fingerprint density at radius 2 is 1.62 bits per heavy atom. The van der Waals surface area contributed by atoms with Crippen LogP contribution in [-0.2, 0) is 20.9 Å². The van der Waals surface area contributed by atoms with Crippen LogP contribution < -0.4 is 10.7 Å². The predicted octanol–water partition coefficient (Wildman–Crippen LogP) is 3.15. The van der Waals surface area contributed by atoms with Crippen molar-refractivity contribution in [3.05, 3.63) is 70.8 Å². The van der Waals surface area contributed by atoms with Crippen LogP contribution in [0, 0.1) is 0 Å². The molecule has 0 bridgehead atoms. The second-order valence-corrected chi connectivity index (χ2v) is 8.05. The fraction of sp³-hybridized carbons (Fsp3) is 0.346. The Labute approximate surface area is 214 Å². The van der Waals surface area contributed by atoms with Gasteiger partial charge in [0.1, 0.15) is 6.61 Å². The van der Waals surface area contributed by atoms with E-state index in [4.69, 9.17) is 9.47 Å². The highest BCUT2D eigenvalue weighted by molar-refractivity contribution is 6.02. The number of hydrazine groups is 1. The largest absolute Gasteiger partial charge is 0.478 e. The van der Waals surface area contributed by atoms with Crippen LogP contribution in [0.15, 0.2) is 48.5 Å². The first-order valence-electron chi connectivity index (χ1n) is 11.8. The number of amides is 3. The van der Waals surface area contributed by atoms with Gasteiger partial charge in [-0.25, -0.2) is 14.4 Å². The van der Waals surface area contributed by atoms with Crippen LogP contribution in [-0.4, -0.2) is 59.2 Å². The van der Waals surface area contributed by atoms with Crippen molar-refractivity contribution in [2.24, 2.45) is 0 Å². The van der Waals surface area contributed by atoms with E-state index >= 15 is 0 Å². The standard InChI is InChI=1S/C26H31N3O8/c1-4-17(3)37-25(34)21-14-19(13-20(15-21)24(32)33)23(31)29(5-2)28-22(30)11-12-27-26(35)36-16-18-9-7-6-8-10-18/h6-10,13-15,17H,4-5,11-12,16H2,1-3H3,(H,27,35)(H,28,30)(H,32,33). The zero-order valence-electron chi connectivity index (χ0n) is 21.0. The van der Waals surface area contributed by atoms with Gasteiger partial charge in [0.15, 0.2) is 0 Å². The fourth-order valence-electron chi connectivity index (χ4n) is 3.01. The zero-order chi connectivity index (χ0) is 27.4. The van der Waals surface area contributed by atoms with Gasteiger partial charge in [-0.2, -0.15) is 0 Å². The molecule has 2 rings (SSSR count). The first kappa shape index (κ1) is 28.8. The third kappa shape index (κ3) is 9.28. The monoisotopic (exact) mass is 513 g/mol. The molecule has 11 nitrogen and oxygen atoms in total. The molecule has 0 saturated heterocycles. The van der Waals surface area contributed by atoms with Gasteiger partial charge in [0.05, 0.1) is 17.2 Å². The fourth-order valence-corrected chi connectivity index (χ4v) is 3.01. The minimum absolute atomic E-state index is 0.0364. The van der Waals surface area contributed by atoms with Gasteiger partial charge >= 0.3 is 18.0 Å². The van der Waals surface area contributed by atoms with E-state index in [0.29, 0.717) is 6.42 Å². The van der Waals surface area contributed by atoms with Gasteiger partial charge in [0, 0.05) is 25.1 Å². The van der Waals surface area contributed by atoms with Gasteiger partial charge in [0.25, 0.3) is 5.91 Å². The number of carboxylic acids is 1. The van der Waals surface area contributed by atoms with Gasteiger partial charge in [0.2, 0.25) is 5.91 Å². The third-order valence-electron chi connectivity index (χ3n) is 5.20. The lowest BCUT2D eigenvalue weighted by Crippen LogP contribution is -2.46. The molecule has 0 aromatic heterocycles. The van der Waals surface area contributed by atoms with E-state index in [0.717, 1.165) is 22.7 Å². The maximum Gasteiger partial charge on any atom is 0.407 e. The maximum absolute atomic E-state index is 13.0. The van der Waals surface area contributed by atoms with Crippen molar-refractivity contribution in [1.29, 1.82) is 0 Å². The summed E-state index contributed by atoms with van der Waals surface area (Å²) in [7, 11) is 0. The smallest absolute Gasteiger partial charge is 0.407 e. The Bertz CT molecular complexity index is 1120. The van der Waals surface area contributed by atoms with Crippen LogP contribution in [0.4, 0.5) is 4.79 Å². The number of carbonyl (C=O) groups excluding carboxylic acids is 4. The molecule has 3 N–H and O–H groups in total. The molecule has 37 heavy (non-hydrogen) atoms. The van der Waals surface area contributed by atoms with Crippen LogP contribution in [0.5, 0.6) is 0 Å². The van der Waals surface area contributed by atoms with Crippen molar-refractivity contribution in [3.63, 3.8) is 0 Å². The number of rotatable bonds is 11. The molecule has 0 aliphatic heterocycles. The molecule has 198 valence electrons. The molecule has 0 aliphatic rings. The summed E-state index contributed by atoms with van der Waals surface area (Å²) in [5.41, 5.74) is 2.76. The van der Waals surface area contributed by atoms with E-state index in [9.17, 15) is 29.1 Å². The van der Waals surface area contributed by atoms with Gasteiger partial charge in [-0.05, 0) is 44.0 Å². The van der Waals surface area contributed by atoms with Crippen molar-refractivity contribution >= 4 is 29.8 Å². The second-order valence-electron chi connectivity index (χ2n) is 8.05. The summed E-state index contributed by atoms with van der Waals surface area (Å²) in [5.74, 6) is -3.37. The summed E-state index contributed by atoms with van der Waals surface area (Å²) in [5, 5.41) is 12.9.